The van der Waals surface area contributed by atoms with E-state index in [1.807, 2.05) is 30.3 Å². The van der Waals surface area contributed by atoms with Crippen LogP contribution in [0, 0.1) is 0 Å². The van der Waals surface area contributed by atoms with Gasteiger partial charge in [0.15, 0.2) is 0 Å². The first kappa shape index (κ1) is 13.6. The van der Waals surface area contributed by atoms with Crippen molar-refractivity contribution in [2.45, 2.75) is 0 Å². The fraction of sp³-hybridized carbons (Fsp3) is 0. The number of hydrogen-bond acceptors (Lipinski definition) is 0. The number of benzene rings is 4. The van der Waals surface area contributed by atoms with Crippen LogP contribution in [0.1, 0.15) is 0 Å². The molecule has 0 bridgehead atoms. The van der Waals surface area contributed by atoms with Crippen LogP contribution in [-0.4, -0.2) is 10.2 Å². The van der Waals surface area contributed by atoms with Crippen molar-refractivity contribution in [1.29, 1.82) is 0 Å². The molecule has 0 heterocycles. The van der Waals surface area contributed by atoms with Crippen LogP contribution in [0.5, 0.6) is 0 Å². The zero-order chi connectivity index (χ0) is 14.5. The summed E-state index contributed by atoms with van der Waals surface area (Å²) >= 11 is 0. The van der Waals surface area contributed by atoms with E-state index in [9.17, 15) is 0 Å². The smallest absolute Gasteiger partial charge is 0.0674 e. The lowest BCUT2D eigenvalue weighted by Gasteiger charge is -2.02. The molecule has 0 fully saturated rings. The number of fused-ring (bicyclic) bond motifs is 3. The van der Waals surface area contributed by atoms with E-state index >= 15 is 0 Å². The Hall–Kier alpha value is -2.38. The van der Waals surface area contributed by atoms with Gasteiger partial charge in [-0.3, -0.25) is 0 Å². The lowest BCUT2D eigenvalue weighted by atomic mass is 10.0. The van der Waals surface area contributed by atoms with Crippen molar-refractivity contribution in [2.75, 3.05) is 0 Å². The van der Waals surface area contributed by atoms with Gasteiger partial charge in [-0.2, -0.15) is 0 Å². The van der Waals surface area contributed by atoms with Gasteiger partial charge >= 0.3 is 0 Å². The Morgan fingerprint density at radius 1 is 0.429 bits per heavy atom. The second kappa shape index (κ2) is 6.38. The van der Waals surface area contributed by atoms with Crippen LogP contribution in [-0.2, 0) is 0 Å². The normalized spacial score (nSPS) is 10.1. The van der Waals surface area contributed by atoms with Crippen LogP contribution < -0.4 is 5.19 Å². The molecule has 0 atom stereocenters. The molecule has 0 unspecified atom stereocenters. The third-order valence-corrected chi connectivity index (χ3v) is 3.76. The zero-order valence-corrected chi connectivity index (χ0v) is 12.7. The van der Waals surface area contributed by atoms with Crippen LogP contribution in [0.4, 0.5) is 0 Å². The maximum absolute atomic E-state index is 3.36. The zero-order valence-electron chi connectivity index (χ0n) is 11.7. The first-order chi connectivity index (χ1) is 10.3. The molecule has 0 spiro atoms. The predicted octanol–water partition coefficient (Wildman–Crippen LogP) is 4.47. The molecule has 0 N–H and O–H groups in total. The van der Waals surface area contributed by atoms with Gasteiger partial charge in [0.25, 0.3) is 0 Å². The minimum Gasteiger partial charge on any atom is -0.0674 e. The fourth-order valence-electron chi connectivity index (χ4n) is 2.39. The summed E-state index contributed by atoms with van der Waals surface area (Å²) in [6.45, 7) is 0. The summed E-state index contributed by atoms with van der Waals surface area (Å²) in [4.78, 5) is 0. The monoisotopic (exact) mass is 283 g/mol. The Bertz CT molecular complexity index is 796. The van der Waals surface area contributed by atoms with Crippen molar-refractivity contribution in [3.8, 4) is 0 Å². The Balaban J connectivity index is 0.000000160. The van der Waals surface area contributed by atoms with E-state index in [4.69, 9.17) is 0 Å². The highest BCUT2D eigenvalue weighted by Crippen LogP contribution is 2.24. The Kier molecular flexibility index (Phi) is 4.13. The summed E-state index contributed by atoms with van der Waals surface area (Å²) in [5.41, 5.74) is 0. The van der Waals surface area contributed by atoms with E-state index < -0.39 is 0 Å². The highest BCUT2D eigenvalue weighted by molar-refractivity contribution is 6.32. The van der Waals surface area contributed by atoms with E-state index in [1.165, 1.54) is 21.5 Å². The summed E-state index contributed by atoms with van der Waals surface area (Å²) in [7, 11) is 3.36. The number of rotatable bonds is 0. The molecule has 0 aliphatic carbocycles. The Morgan fingerprint density at radius 2 is 0.857 bits per heavy atom. The summed E-state index contributed by atoms with van der Waals surface area (Å²) in [6, 6.07) is 31.3. The molecule has 0 aliphatic heterocycles. The quantitative estimate of drug-likeness (QED) is 0.330. The highest BCUT2D eigenvalue weighted by Gasteiger charge is 1.97. The molecule has 0 aromatic heterocycles. The minimum atomic E-state index is 1.13. The van der Waals surface area contributed by atoms with Gasteiger partial charge in [0.05, 0.1) is 10.2 Å². The number of hydrogen-bond donors (Lipinski definition) is 0. The van der Waals surface area contributed by atoms with E-state index in [-0.39, 0.29) is 0 Å². The molecule has 1 heteroatoms. The summed E-state index contributed by atoms with van der Waals surface area (Å²) in [5.74, 6) is 0. The molecule has 0 saturated heterocycles. The van der Waals surface area contributed by atoms with Gasteiger partial charge in [-0.25, -0.2) is 0 Å². The van der Waals surface area contributed by atoms with Crippen molar-refractivity contribution in [3.63, 3.8) is 0 Å². The van der Waals surface area contributed by atoms with Crippen LogP contribution >= 0.6 is 0 Å². The molecule has 0 amide bonds. The van der Waals surface area contributed by atoms with Crippen molar-refractivity contribution >= 4 is 37.0 Å². The third-order valence-electron chi connectivity index (χ3n) is 3.43. The van der Waals surface area contributed by atoms with Crippen molar-refractivity contribution in [3.05, 3.63) is 91.0 Å². The second-order valence-electron chi connectivity index (χ2n) is 4.87. The molecule has 99 valence electrons. The Labute approximate surface area is 128 Å². The van der Waals surface area contributed by atoms with Crippen LogP contribution in [0.15, 0.2) is 91.0 Å². The maximum Gasteiger partial charge on any atom is 0.0711 e. The van der Waals surface area contributed by atoms with Crippen LogP contribution in [0.25, 0.3) is 21.5 Å². The molecular formula is C20H15Si. The second-order valence-corrected chi connectivity index (χ2v) is 5.45. The molecule has 0 aliphatic rings. The van der Waals surface area contributed by atoms with E-state index in [0.29, 0.717) is 0 Å². The molecular weight excluding hydrogens is 268 g/mol. The standard InChI is InChI=1S/C14H10.C6H5Si/c1-3-7-13-11(5-1)9-10-12-6-2-4-8-14(12)13;7-6-4-2-1-3-5-6/h1-10H;1-5H. The van der Waals surface area contributed by atoms with E-state index in [0.717, 1.165) is 5.19 Å². The molecule has 21 heavy (non-hydrogen) atoms. The maximum atomic E-state index is 3.36. The largest absolute Gasteiger partial charge is 0.0711 e. The fourth-order valence-corrected chi connectivity index (χ4v) is 2.59. The van der Waals surface area contributed by atoms with Gasteiger partial charge in [0.2, 0.25) is 0 Å². The summed E-state index contributed by atoms with van der Waals surface area (Å²) < 4.78 is 0. The lowest BCUT2D eigenvalue weighted by Crippen LogP contribution is -1.97. The van der Waals surface area contributed by atoms with Gasteiger partial charge < -0.3 is 0 Å². The molecule has 0 nitrogen and oxygen atoms in total. The first-order valence-corrected chi connectivity index (χ1v) is 7.48. The van der Waals surface area contributed by atoms with E-state index in [2.05, 4.69) is 70.9 Å². The van der Waals surface area contributed by atoms with Gasteiger partial charge in [-0.15, -0.1) is 0 Å². The molecule has 3 radical (unpaired) electrons. The van der Waals surface area contributed by atoms with Crippen LogP contribution in [0.3, 0.4) is 0 Å². The third kappa shape index (κ3) is 3.20. The Morgan fingerprint density at radius 3 is 1.29 bits per heavy atom. The van der Waals surface area contributed by atoms with E-state index in [1.54, 1.807) is 0 Å². The van der Waals surface area contributed by atoms with Crippen molar-refractivity contribution in [2.24, 2.45) is 0 Å². The molecule has 0 saturated carbocycles. The highest BCUT2D eigenvalue weighted by atomic mass is 28.1. The molecule has 4 aromatic rings. The summed E-state index contributed by atoms with van der Waals surface area (Å²) in [5, 5.41) is 6.43. The molecule has 4 rings (SSSR count). The molecule has 4 aromatic carbocycles. The lowest BCUT2D eigenvalue weighted by molar-refractivity contribution is 1.76. The average molecular weight is 283 g/mol. The SMILES string of the molecule is [Si]c1ccccc1.c1ccc2c(c1)ccc1ccccc12. The topological polar surface area (TPSA) is 0 Å². The van der Waals surface area contributed by atoms with Crippen molar-refractivity contribution in [1.82, 2.24) is 0 Å². The van der Waals surface area contributed by atoms with Crippen LogP contribution in [0.2, 0.25) is 0 Å². The van der Waals surface area contributed by atoms with Gasteiger partial charge in [0.1, 0.15) is 0 Å². The van der Waals surface area contributed by atoms with Gasteiger partial charge in [-0.1, -0.05) is 96.2 Å². The minimum absolute atomic E-state index is 1.13. The van der Waals surface area contributed by atoms with Crippen molar-refractivity contribution < 1.29 is 0 Å². The summed E-state index contributed by atoms with van der Waals surface area (Å²) in [6.07, 6.45) is 0. The van der Waals surface area contributed by atoms with Gasteiger partial charge in [0, 0.05) is 0 Å². The predicted molar refractivity (Wildman–Crippen MR) is 93.3 cm³/mol. The first-order valence-electron chi connectivity index (χ1n) is 6.98. The van der Waals surface area contributed by atoms with Gasteiger partial charge in [-0.05, 0) is 21.5 Å². The average Bonchev–Trinajstić information content (AvgIpc) is 2.56.